The normalized spacial score (nSPS) is 19.3. The average Bonchev–Trinajstić information content (AvgIpc) is 2.99. The minimum atomic E-state index is -0.353. The molecular weight excluding hydrogens is 410 g/mol. The Morgan fingerprint density at radius 2 is 2.26 bits per heavy atom. The topological polar surface area (TPSA) is 34.1 Å². The van der Waals surface area contributed by atoms with E-state index in [9.17, 15) is 4.39 Å². The highest BCUT2D eigenvalue weighted by molar-refractivity contribution is 14.1. The van der Waals surface area contributed by atoms with Gasteiger partial charge in [0.25, 0.3) is 0 Å². The fourth-order valence-corrected chi connectivity index (χ4v) is 3.24. The maximum atomic E-state index is 12.1. The third-order valence-corrected chi connectivity index (χ3v) is 4.59. The smallest absolute Gasteiger partial charge is 0.135 e. The lowest BCUT2D eigenvalue weighted by atomic mass is 10.1. The van der Waals surface area contributed by atoms with Crippen LogP contribution in [0.25, 0.3) is 0 Å². The number of methoxy groups -OCH3 is 1. The van der Waals surface area contributed by atoms with Crippen LogP contribution < -0.4 is 4.74 Å². The lowest BCUT2D eigenvalue weighted by Gasteiger charge is -2.19. The van der Waals surface area contributed by atoms with Gasteiger partial charge in [-0.1, -0.05) is 6.07 Å². The van der Waals surface area contributed by atoms with E-state index in [-0.39, 0.29) is 12.7 Å². The number of aliphatic imine (C=N–C) groups is 1. The molecule has 2 aliphatic heterocycles. The second-order valence-corrected chi connectivity index (χ2v) is 6.47. The van der Waals surface area contributed by atoms with Crippen LogP contribution in [0.3, 0.4) is 0 Å². The first-order valence-corrected chi connectivity index (χ1v) is 8.55. The number of fused-ring (bicyclic) bond motifs is 1. The molecule has 23 heavy (non-hydrogen) atoms. The summed E-state index contributed by atoms with van der Waals surface area (Å²) in [6, 6.07) is 6.16. The molecule has 0 radical (unpaired) electrons. The number of hydrogen-bond acceptors (Lipinski definition) is 4. The standard InChI is InChI=1S/C17H18FIN2O2/c1-22-13-4-6-17-20-15(11-21(17)10-13)12-3-5-16(14(19)9-12)23-8-2-7-18/h3-6,9-10,15H,2,7-8,11H2,1H3. The van der Waals surface area contributed by atoms with Crippen molar-refractivity contribution in [2.75, 3.05) is 26.9 Å². The van der Waals surface area contributed by atoms with E-state index >= 15 is 0 Å². The van der Waals surface area contributed by atoms with Crippen LogP contribution in [-0.2, 0) is 4.74 Å². The molecule has 0 aliphatic carbocycles. The molecular formula is C17H18FIN2O2. The van der Waals surface area contributed by atoms with E-state index in [0.29, 0.717) is 13.0 Å². The molecule has 2 aliphatic rings. The molecule has 1 atom stereocenters. The van der Waals surface area contributed by atoms with Crippen molar-refractivity contribution >= 4 is 28.4 Å². The predicted molar refractivity (Wildman–Crippen MR) is 96.4 cm³/mol. The Labute approximate surface area is 148 Å². The molecule has 0 N–H and O–H groups in total. The summed E-state index contributed by atoms with van der Waals surface area (Å²) < 4.78 is 24.0. The van der Waals surface area contributed by atoms with Gasteiger partial charge in [-0.15, -0.1) is 0 Å². The van der Waals surface area contributed by atoms with Crippen molar-refractivity contribution in [2.45, 2.75) is 12.5 Å². The molecule has 1 aromatic carbocycles. The van der Waals surface area contributed by atoms with E-state index < -0.39 is 0 Å². The minimum absolute atomic E-state index is 0.0931. The van der Waals surface area contributed by atoms with Crippen LogP contribution in [-0.4, -0.2) is 37.7 Å². The molecule has 0 aromatic heterocycles. The summed E-state index contributed by atoms with van der Waals surface area (Å²) in [5.74, 6) is 2.58. The van der Waals surface area contributed by atoms with Gasteiger partial charge >= 0.3 is 0 Å². The van der Waals surface area contributed by atoms with Gasteiger partial charge in [0.1, 0.15) is 17.3 Å². The Hall–Kier alpha value is -1.57. The summed E-state index contributed by atoms with van der Waals surface area (Å²) in [6.45, 7) is 0.847. The van der Waals surface area contributed by atoms with Crippen LogP contribution in [0.4, 0.5) is 4.39 Å². The number of amidine groups is 1. The quantitative estimate of drug-likeness (QED) is 0.510. The van der Waals surface area contributed by atoms with Crippen LogP contribution in [0.5, 0.6) is 5.75 Å². The van der Waals surface area contributed by atoms with Crippen molar-refractivity contribution in [2.24, 2.45) is 4.99 Å². The van der Waals surface area contributed by atoms with Gasteiger partial charge in [-0.25, -0.2) is 0 Å². The monoisotopic (exact) mass is 428 g/mol. The van der Waals surface area contributed by atoms with Crippen molar-refractivity contribution in [1.82, 2.24) is 4.90 Å². The SMILES string of the molecule is COC1=CN2CC(c3ccc(OCCCF)c(I)c3)N=C2C=C1. The van der Waals surface area contributed by atoms with E-state index in [0.717, 1.165) is 33.0 Å². The predicted octanol–water partition coefficient (Wildman–Crippen LogP) is 3.84. The van der Waals surface area contributed by atoms with E-state index in [4.69, 9.17) is 14.5 Å². The Bertz CT molecular complexity index is 673. The van der Waals surface area contributed by atoms with Crippen molar-refractivity contribution < 1.29 is 13.9 Å². The molecule has 6 heteroatoms. The molecule has 3 rings (SSSR count). The molecule has 0 fully saturated rings. The lowest BCUT2D eigenvalue weighted by molar-refractivity contribution is 0.288. The molecule has 122 valence electrons. The molecule has 2 heterocycles. The third-order valence-electron chi connectivity index (χ3n) is 3.74. The van der Waals surface area contributed by atoms with Crippen molar-refractivity contribution in [3.05, 3.63) is 51.4 Å². The van der Waals surface area contributed by atoms with Gasteiger partial charge in [0.15, 0.2) is 0 Å². The highest BCUT2D eigenvalue weighted by Crippen LogP contribution is 2.31. The molecule has 1 unspecified atom stereocenters. The van der Waals surface area contributed by atoms with E-state index in [2.05, 4.69) is 33.6 Å². The number of hydrogen-bond donors (Lipinski definition) is 0. The van der Waals surface area contributed by atoms with Crippen LogP contribution in [0.2, 0.25) is 0 Å². The fourth-order valence-electron chi connectivity index (χ4n) is 2.54. The van der Waals surface area contributed by atoms with Crippen LogP contribution in [0.1, 0.15) is 18.0 Å². The Kier molecular flexibility index (Phi) is 5.20. The first-order chi connectivity index (χ1) is 11.2. The van der Waals surface area contributed by atoms with Gasteiger partial charge in [0, 0.05) is 12.6 Å². The molecule has 4 nitrogen and oxygen atoms in total. The first-order valence-electron chi connectivity index (χ1n) is 7.48. The fraction of sp³-hybridized carbons (Fsp3) is 0.353. The van der Waals surface area contributed by atoms with E-state index in [1.807, 2.05) is 30.5 Å². The summed E-state index contributed by atoms with van der Waals surface area (Å²) in [5.41, 5.74) is 1.15. The number of nitrogens with zero attached hydrogens (tertiary/aromatic N) is 2. The summed E-state index contributed by atoms with van der Waals surface area (Å²) in [5, 5.41) is 0. The van der Waals surface area contributed by atoms with Gasteiger partial charge in [0.05, 0.1) is 36.5 Å². The second kappa shape index (κ2) is 7.33. The van der Waals surface area contributed by atoms with Crippen molar-refractivity contribution in [3.63, 3.8) is 0 Å². The van der Waals surface area contributed by atoms with Gasteiger partial charge in [-0.2, -0.15) is 0 Å². The molecule has 0 amide bonds. The first kappa shape index (κ1) is 16.3. The van der Waals surface area contributed by atoms with Crippen LogP contribution >= 0.6 is 22.6 Å². The second-order valence-electron chi connectivity index (χ2n) is 5.31. The van der Waals surface area contributed by atoms with Gasteiger partial charge in [0.2, 0.25) is 0 Å². The highest BCUT2D eigenvalue weighted by atomic mass is 127. The van der Waals surface area contributed by atoms with Crippen LogP contribution in [0.15, 0.2) is 47.3 Å². The van der Waals surface area contributed by atoms with E-state index in [1.165, 1.54) is 0 Å². The number of allylic oxidation sites excluding steroid dienone is 1. The van der Waals surface area contributed by atoms with Crippen molar-refractivity contribution in [3.8, 4) is 5.75 Å². The number of benzene rings is 1. The Morgan fingerprint density at radius 3 is 3.00 bits per heavy atom. The van der Waals surface area contributed by atoms with E-state index in [1.54, 1.807) is 7.11 Å². The largest absolute Gasteiger partial charge is 0.495 e. The van der Waals surface area contributed by atoms with Gasteiger partial charge in [-0.05, 0) is 52.4 Å². The average molecular weight is 428 g/mol. The maximum absolute atomic E-state index is 12.1. The zero-order valence-corrected chi connectivity index (χ0v) is 15.0. The molecule has 0 bridgehead atoms. The maximum Gasteiger partial charge on any atom is 0.135 e. The molecule has 0 saturated carbocycles. The zero-order valence-electron chi connectivity index (χ0n) is 12.8. The lowest BCUT2D eigenvalue weighted by Crippen LogP contribution is -2.23. The summed E-state index contributed by atoms with van der Waals surface area (Å²) in [4.78, 5) is 6.86. The summed E-state index contributed by atoms with van der Waals surface area (Å²) >= 11 is 2.25. The summed E-state index contributed by atoms with van der Waals surface area (Å²) in [7, 11) is 1.66. The van der Waals surface area contributed by atoms with Gasteiger partial charge in [-0.3, -0.25) is 9.38 Å². The van der Waals surface area contributed by atoms with Gasteiger partial charge < -0.3 is 14.4 Å². The zero-order chi connectivity index (χ0) is 16.2. The summed E-state index contributed by atoms with van der Waals surface area (Å²) in [6.07, 6.45) is 6.28. The molecule has 1 aromatic rings. The number of alkyl halides is 1. The minimum Gasteiger partial charge on any atom is -0.495 e. The van der Waals surface area contributed by atoms with Crippen molar-refractivity contribution in [1.29, 1.82) is 0 Å². The molecule has 0 spiro atoms. The number of rotatable bonds is 6. The molecule has 0 saturated heterocycles. The Morgan fingerprint density at radius 1 is 1.39 bits per heavy atom. The number of halogens is 2. The highest BCUT2D eigenvalue weighted by Gasteiger charge is 2.26. The Balaban J connectivity index is 1.72. The van der Waals surface area contributed by atoms with Crippen LogP contribution in [0, 0.1) is 3.57 Å². The number of ether oxygens (including phenoxy) is 2. The third kappa shape index (κ3) is 3.68.